The molecule has 1 aliphatic rings. The second-order valence-corrected chi connectivity index (χ2v) is 10.1. The smallest absolute Gasteiger partial charge is 0.322 e. The van der Waals surface area contributed by atoms with Crippen LogP contribution in [0.15, 0.2) is 85.3 Å². The lowest BCUT2D eigenvalue weighted by atomic mass is 9.89. The molecule has 39 heavy (non-hydrogen) atoms. The number of urea groups is 1. The van der Waals surface area contributed by atoms with Gasteiger partial charge in [0.2, 0.25) is 0 Å². The van der Waals surface area contributed by atoms with Crippen molar-refractivity contribution in [2.45, 2.75) is 50.7 Å². The van der Waals surface area contributed by atoms with Crippen LogP contribution in [0.1, 0.15) is 49.8 Å². The van der Waals surface area contributed by atoms with Gasteiger partial charge in [0.05, 0.1) is 17.8 Å². The quantitative estimate of drug-likeness (QED) is 0.309. The molecule has 2 aromatic carbocycles. The van der Waals surface area contributed by atoms with Gasteiger partial charge in [-0.2, -0.15) is 10.4 Å². The fourth-order valence-corrected chi connectivity index (χ4v) is 5.19. The first-order valence-corrected chi connectivity index (χ1v) is 13.4. The van der Waals surface area contributed by atoms with Crippen LogP contribution in [-0.2, 0) is 7.05 Å². The fraction of sp³-hybridized carbons (Fsp3) is 0.290. The van der Waals surface area contributed by atoms with Gasteiger partial charge in [0.15, 0.2) is 0 Å². The molecule has 0 saturated heterocycles. The molecule has 2 aromatic heterocycles. The molecular formula is C31H33N7O. The molecule has 5 rings (SSSR count). The number of aryl methyl sites for hydroxylation is 1. The van der Waals surface area contributed by atoms with Crippen molar-refractivity contribution in [3.63, 3.8) is 0 Å². The van der Waals surface area contributed by atoms with Crippen LogP contribution in [0.25, 0.3) is 11.1 Å². The first-order valence-electron chi connectivity index (χ1n) is 13.4. The lowest BCUT2D eigenvalue weighted by Gasteiger charge is -2.38. The van der Waals surface area contributed by atoms with E-state index in [0.29, 0.717) is 5.56 Å². The molecule has 0 aliphatic heterocycles. The molecule has 0 radical (unpaired) electrons. The van der Waals surface area contributed by atoms with Gasteiger partial charge in [-0.25, -0.2) is 9.78 Å². The van der Waals surface area contributed by atoms with Crippen LogP contribution < -0.4 is 15.5 Å². The molecule has 1 fully saturated rings. The Hall–Kier alpha value is -4.64. The zero-order chi connectivity index (χ0) is 27.2. The van der Waals surface area contributed by atoms with Crippen molar-refractivity contribution in [3.8, 4) is 17.2 Å². The van der Waals surface area contributed by atoms with Crippen LogP contribution in [0, 0.1) is 11.3 Å². The summed E-state index contributed by atoms with van der Waals surface area (Å²) in [5.74, 6) is 0.773. The third-order valence-electron chi connectivity index (χ3n) is 7.35. The van der Waals surface area contributed by atoms with E-state index in [2.05, 4.69) is 38.9 Å². The van der Waals surface area contributed by atoms with E-state index in [4.69, 9.17) is 5.26 Å². The Labute approximate surface area is 229 Å². The van der Waals surface area contributed by atoms with Crippen LogP contribution in [0.5, 0.6) is 0 Å². The minimum atomic E-state index is -0.115. The zero-order valence-corrected chi connectivity index (χ0v) is 22.3. The fourth-order valence-electron chi connectivity index (χ4n) is 5.19. The summed E-state index contributed by atoms with van der Waals surface area (Å²) in [6.45, 7) is 2.02. The highest BCUT2D eigenvalue weighted by atomic mass is 16.2. The monoisotopic (exact) mass is 519 g/mol. The summed E-state index contributed by atoms with van der Waals surface area (Å²) in [6, 6.07) is 24.0. The van der Waals surface area contributed by atoms with Crippen molar-refractivity contribution in [2.75, 3.05) is 10.2 Å². The molecule has 0 spiro atoms. The van der Waals surface area contributed by atoms with E-state index in [-0.39, 0.29) is 24.2 Å². The number of pyridine rings is 1. The lowest BCUT2D eigenvalue weighted by molar-refractivity contribution is 0.238. The molecule has 1 atom stereocenters. The third-order valence-corrected chi connectivity index (χ3v) is 7.35. The zero-order valence-electron chi connectivity index (χ0n) is 22.3. The number of hydrogen-bond donors (Lipinski definition) is 2. The first kappa shape index (κ1) is 26.0. The molecule has 2 amide bonds. The molecule has 4 aromatic rings. The highest BCUT2D eigenvalue weighted by Crippen LogP contribution is 2.31. The van der Waals surface area contributed by atoms with Gasteiger partial charge in [0.25, 0.3) is 0 Å². The molecule has 0 bridgehead atoms. The average molecular weight is 520 g/mol. The molecule has 8 heteroatoms. The number of amides is 2. The second-order valence-electron chi connectivity index (χ2n) is 10.1. The number of carbonyl (C=O) groups excluding carboxylic acids is 1. The summed E-state index contributed by atoms with van der Waals surface area (Å²) in [5, 5.41) is 20.0. The lowest BCUT2D eigenvalue weighted by Crippen LogP contribution is -2.49. The summed E-state index contributed by atoms with van der Waals surface area (Å²) < 4.78 is 1.79. The average Bonchev–Trinajstić information content (AvgIpc) is 3.41. The number of anilines is 2. The van der Waals surface area contributed by atoms with Gasteiger partial charge in [-0.1, -0.05) is 42.5 Å². The summed E-state index contributed by atoms with van der Waals surface area (Å²) >= 11 is 0. The molecule has 2 N–H and O–H groups in total. The van der Waals surface area contributed by atoms with Gasteiger partial charge in [0.1, 0.15) is 11.9 Å². The summed E-state index contributed by atoms with van der Waals surface area (Å²) in [4.78, 5) is 20.1. The van der Waals surface area contributed by atoms with Crippen molar-refractivity contribution in [2.24, 2.45) is 7.05 Å². The highest BCUT2D eigenvalue weighted by Gasteiger charge is 2.31. The number of aromatic nitrogens is 3. The van der Waals surface area contributed by atoms with Gasteiger partial charge in [-0.15, -0.1) is 0 Å². The number of benzene rings is 2. The van der Waals surface area contributed by atoms with Crippen LogP contribution in [0.2, 0.25) is 0 Å². The molecule has 198 valence electrons. The van der Waals surface area contributed by atoms with Crippen molar-refractivity contribution in [1.82, 2.24) is 20.1 Å². The van der Waals surface area contributed by atoms with E-state index in [0.717, 1.165) is 53.9 Å². The van der Waals surface area contributed by atoms with Crippen LogP contribution >= 0.6 is 0 Å². The van der Waals surface area contributed by atoms with Crippen LogP contribution in [-0.4, -0.2) is 32.9 Å². The van der Waals surface area contributed by atoms with E-state index in [9.17, 15) is 4.79 Å². The van der Waals surface area contributed by atoms with E-state index in [1.165, 1.54) is 0 Å². The predicted molar refractivity (Wildman–Crippen MR) is 153 cm³/mol. The standard InChI is InChI=1S/C31H33N7O/c1-22(24-6-4-3-5-7-24)35-31(39)38(28-13-9-25(10-14-28)26-20-34-37(2)21-26)29-15-11-27(12-16-29)36-30-17-8-23(18-32)19-33-30/h3-10,13-14,17,19-22,27,29H,11-12,15-16H2,1-2H3,(H,33,36)(H,35,39)/t22-,27?,29?/m0/s1. The van der Waals surface area contributed by atoms with Crippen molar-refractivity contribution in [1.29, 1.82) is 5.26 Å². The number of nitrogens with zero attached hydrogens (tertiary/aromatic N) is 5. The summed E-state index contributed by atoms with van der Waals surface area (Å²) in [6.07, 6.45) is 8.98. The van der Waals surface area contributed by atoms with Crippen molar-refractivity contribution >= 4 is 17.5 Å². The van der Waals surface area contributed by atoms with Gasteiger partial charge >= 0.3 is 6.03 Å². The largest absolute Gasteiger partial charge is 0.367 e. The highest BCUT2D eigenvalue weighted by molar-refractivity contribution is 5.93. The van der Waals surface area contributed by atoms with E-state index < -0.39 is 0 Å². The van der Waals surface area contributed by atoms with Crippen LogP contribution in [0.4, 0.5) is 16.3 Å². The Morgan fingerprint density at radius 1 is 1.00 bits per heavy atom. The van der Waals surface area contributed by atoms with Gasteiger partial charge in [-0.05, 0) is 68.0 Å². The first-order chi connectivity index (χ1) is 19.0. The van der Waals surface area contributed by atoms with Crippen molar-refractivity contribution in [3.05, 3.63) is 96.4 Å². The van der Waals surface area contributed by atoms with Crippen molar-refractivity contribution < 1.29 is 4.79 Å². The Bertz CT molecular complexity index is 1420. The number of nitriles is 1. The summed E-state index contributed by atoms with van der Waals surface area (Å²) in [5.41, 5.74) is 4.60. The number of nitrogens with one attached hydrogen (secondary N) is 2. The van der Waals surface area contributed by atoms with E-state index >= 15 is 0 Å². The predicted octanol–water partition coefficient (Wildman–Crippen LogP) is 6.05. The van der Waals surface area contributed by atoms with E-state index in [1.54, 1.807) is 16.9 Å². The molecule has 1 aliphatic carbocycles. The maximum absolute atomic E-state index is 13.8. The Balaban J connectivity index is 1.32. The minimum absolute atomic E-state index is 0.0733. The molecule has 0 unspecified atom stereocenters. The van der Waals surface area contributed by atoms with Gasteiger partial charge < -0.3 is 10.6 Å². The molecular weight excluding hydrogens is 486 g/mol. The second kappa shape index (κ2) is 11.8. The Morgan fingerprint density at radius 2 is 1.74 bits per heavy atom. The van der Waals surface area contributed by atoms with E-state index in [1.807, 2.05) is 79.8 Å². The Morgan fingerprint density at radius 3 is 2.36 bits per heavy atom. The minimum Gasteiger partial charge on any atom is -0.367 e. The number of hydrogen-bond acceptors (Lipinski definition) is 5. The Kier molecular flexibility index (Phi) is 7.88. The summed E-state index contributed by atoms with van der Waals surface area (Å²) in [7, 11) is 1.90. The third kappa shape index (κ3) is 6.27. The van der Waals surface area contributed by atoms with Gasteiger partial charge in [-0.3, -0.25) is 9.58 Å². The number of carbonyl (C=O) groups is 1. The SMILES string of the molecule is C[C@H](NC(=O)N(c1ccc(-c2cnn(C)c2)cc1)C1CCC(Nc2ccc(C#N)cn2)CC1)c1ccccc1. The topological polar surface area (TPSA) is 98.9 Å². The number of rotatable bonds is 7. The van der Waals surface area contributed by atoms with Crippen LogP contribution in [0.3, 0.4) is 0 Å². The maximum atomic E-state index is 13.8. The molecule has 8 nitrogen and oxygen atoms in total. The normalized spacial score (nSPS) is 17.6. The molecule has 2 heterocycles. The molecule has 1 saturated carbocycles. The maximum Gasteiger partial charge on any atom is 0.322 e. The van der Waals surface area contributed by atoms with Gasteiger partial charge in [0, 0.05) is 42.8 Å².